The molecule has 5 heteroatoms. The Hall–Kier alpha value is -1.75. The molecule has 1 aromatic carbocycles. The zero-order valence-corrected chi connectivity index (χ0v) is 11.9. The average molecular weight is 266 g/mol. The second-order valence-corrected chi connectivity index (χ2v) is 5.46. The minimum absolute atomic E-state index is 0.163. The molecule has 0 saturated carbocycles. The van der Waals surface area contributed by atoms with E-state index in [1.807, 2.05) is 27.7 Å². The van der Waals surface area contributed by atoms with Crippen molar-refractivity contribution in [2.45, 2.75) is 45.9 Å². The van der Waals surface area contributed by atoms with E-state index in [-0.39, 0.29) is 18.3 Å². The normalized spacial score (nSPS) is 12.9. The Morgan fingerprint density at radius 3 is 2.63 bits per heavy atom. The Labute approximate surface area is 113 Å². The Kier molecular flexibility index (Phi) is 4.78. The van der Waals surface area contributed by atoms with Gasteiger partial charge in [0.1, 0.15) is 11.4 Å². The molecular weight excluding hydrogens is 244 g/mol. The number of amides is 1. The van der Waals surface area contributed by atoms with Crippen molar-refractivity contribution in [3.05, 3.63) is 29.3 Å². The summed E-state index contributed by atoms with van der Waals surface area (Å²) < 4.78 is 5.19. The summed E-state index contributed by atoms with van der Waals surface area (Å²) in [4.78, 5) is 11.7. The molecule has 0 aliphatic carbocycles. The molecule has 0 fully saturated rings. The molecule has 5 nitrogen and oxygen atoms in total. The lowest BCUT2D eigenvalue weighted by Crippen LogP contribution is -2.34. The van der Waals surface area contributed by atoms with Crippen LogP contribution in [-0.4, -0.2) is 16.8 Å². The van der Waals surface area contributed by atoms with E-state index >= 15 is 0 Å². The molecule has 1 aromatic rings. The van der Waals surface area contributed by atoms with Gasteiger partial charge in [-0.05, 0) is 45.4 Å². The van der Waals surface area contributed by atoms with E-state index in [9.17, 15) is 9.90 Å². The van der Waals surface area contributed by atoms with Gasteiger partial charge in [0.05, 0.1) is 6.04 Å². The van der Waals surface area contributed by atoms with Crippen LogP contribution in [0.5, 0.6) is 5.75 Å². The lowest BCUT2D eigenvalue weighted by Gasteiger charge is -2.22. The van der Waals surface area contributed by atoms with Gasteiger partial charge in [0.15, 0.2) is 0 Å². The van der Waals surface area contributed by atoms with E-state index in [2.05, 4.69) is 5.32 Å². The summed E-state index contributed by atoms with van der Waals surface area (Å²) in [6.07, 6.45) is -0.470. The third-order valence-corrected chi connectivity index (χ3v) is 2.56. The molecule has 1 rings (SSSR count). The molecule has 106 valence electrons. The van der Waals surface area contributed by atoms with E-state index in [1.54, 1.807) is 18.2 Å². The first kappa shape index (κ1) is 15.3. The van der Waals surface area contributed by atoms with Crippen molar-refractivity contribution in [1.82, 2.24) is 5.32 Å². The van der Waals surface area contributed by atoms with E-state index in [0.29, 0.717) is 5.56 Å². The van der Waals surface area contributed by atoms with Gasteiger partial charge < -0.3 is 20.9 Å². The molecule has 1 unspecified atom stereocenters. The first-order valence-corrected chi connectivity index (χ1v) is 6.24. The maximum absolute atomic E-state index is 11.7. The van der Waals surface area contributed by atoms with Crippen LogP contribution in [-0.2, 0) is 11.3 Å². The summed E-state index contributed by atoms with van der Waals surface area (Å²) in [5.74, 6) is 0.163. The largest absolute Gasteiger partial charge is 0.508 e. The van der Waals surface area contributed by atoms with Crippen molar-refractivity contribution >= 4 is 6.09 Å². The molecule has 19 heavy (non-hydrogen) atoms. The molecule has 0 heterocycles. The van der Waals surface area contributed by atoms with Crippen LogP contribution in [0.3, 0.4) is 0 Å². The summed E-state index contributed by atoms with van der Waals surface area (Å²) in [6, 6.07) is 4.87. The highest BCUT2D eigenvalue weighted by Gasteiger charge is 2.18. The smallest absolute Gasteiger partial charge is 0.408 e. The summed E-state index contributed by atoms with van der Waals surface area (Å²) in [7, 11) is 0. The molecule has 0 aliphatic rings. The van der Waals surface area contributed by atoms with Crippen LogP contribution in [0.1, 0.15) is 44.9 Å². The van der Waals surface area contributed by atoms with Gasteiger partial charge in [0, 0.05) is 12.1 Å². The fourth-order valence-electron chi connectivity index (χ4n) is 1.61. The number of rotatable bonds is 3. The Morgan fingerprint density at radius 2 is 2.11 bits per heavy atom. The van der Waals surface area contributed by atoms with Gasteiger partial charge in [-0.15, -0.1) is 0 Å². The van der Waals surface area contributed by atoms with E-state index in [1.165, 1.54) is 0 Å². The third kappa shape index (κ3) is 4.79. The van der Waals surface area contributed by atoms with Crippen molar-refractivity contribution < 1.29 is 14.6 Å². The minimum atomic E-state index is -0.527. The molecule has 0 saturated heterocycles. The highest BCUT2D eigenvalue weighted by molar-refractivity contribution is 5.68. The van der Waals surface area contributed by atoms with Crippen LogP contribution in [0, 0.1) is 0 Å². The summed E-state index contributed by atoms with van der Waals surface area (Å²) in [5.41, 5.74) is 6.52. The number of phenolic OH excluding ortho intramolecular Hbond substituents is 1. The second kappa shape index (κ2) is 5.93. The SMILES string of the molecule is CC(NC(=O)OC(C)(C)C)c1ccc(O)c(CN)c1. The number of phenols is 1. The maximum Gasteiger partial charge on any atom is 0.408 e. The number of carbonyl (C=O) groups excluding carboxylic acids is 1. The monoisotopic (exact) mass is 266 g/mol. The van der Waals surface area contributed by atoms with E-state index in [0.717, 1.165) is 5.56 Å². The van der Waals surface area contributed by atoms with Crippen molar-refractivity contribution in [3.8, 4) is 5.75 Å². The Balaban J connectivity index is 2.73. The van der Waals surface area contributed by atoms with E-state index < -0.39 is 11.7 Å². The maximum atomic E-state index is 11.7. The number of ether oxygens (including phenoxy) is 1. The zero-order chi connectivity index (χ0) is 14.6. The lowest BCUT2D eigenvalue weighted by atomic mass is 10.0. The number of aromatic hydroxyl groups is 1. The van der Waals surface area contributed by atoms with Crippen molar-refractivity contribution in [2.75, 3.05) is 0 Å². The van der Waals surface area contributed by atoms with Gasteiger partial charge in [-0.1, -0.05) is 6.07 Å². The van der Waals surface area contributed by atoms with Crippen molar-refractivity contribution in [3.63, 3.8) is 0 Å². The molecular formula is C14H22N2O3. The second-order valence-electron chi connectivity index (χ2n) is 5.46. The number of benzene rings is 1. The predicted octanol–water partition coefficient (Wildman–Crippen LogP) is 2.44. The summed E-state index contributed by atoms with van der Waals surface area (Å²) in [6.45, 7) is 7.52. The van der Waals surface area contributed by atoms with Crippen LogP contribution >= 0.6 is 0 Å². The number of nitrogens with one attached hydrogen (secondary N) is 1. The zero-order valence-electron chi connectivity index (χ0n) is 11.9. The van der Waals surface area contributed by atoms with Crippen LogP contribution in [0.25, 0.3) is 0 Å². The topological polar surface area (TPSA) is 84.6 Å². The van der Waals surface area contributed by atoms with Crippen LogP contribution < -0.4 is 11.1 Å². The molecule has 4 N–H and O–H groups in total. The van der Waals surface area contributed by atoms with Crippen molar-refractivity contribution in [1.29, 1.82) is 0 Å². The van der Waals surface area contributed by atoms with Crippen LogP contribution in [0.4, 0.5) is 4.79 Å². The molecule has 1 atom stereocenters. The number of hydrogen-bond acceptors (Lipinski definition) is 4. The molecule has 0 spiro atoms. The van der Waals surface area contributed by atoms with Gasteiger partial charge in [0.25, 0.3) is 0 Å². The number of hydrogen-bond donors (Lipinski definition) is 3. The van der Waals surface area contributed by atoms with Gasteiger partial charge in [-0.3, -0.25) is 0 Å². The number of alkyl carbamates (subject to hydrolysis) is 1. The standard InChI is InChI=1S/C14H22N2O3/c1-9(16-13(18)19-14(2,3)4)10-5-6-12(17)11(7-10)8-15/h5-7,9,17H,8,15H2,1-4H3,(H,16,18). The fourth-order valence-corrected chi connectivity index (χ4v) is 1.61. The van der Waals surface area contributed by atoms with Gasteiger partial charge >= 0.3 is 6.09 Å². The highest BCUT2D eigenvalue weighted by Crippen LogP contribution is 2.22. The Bertz CT molecular complexity index is 452. The van der Waals surface area contributed by atoms with Crippen LogP contribution in [0.2, 0.25) is 0 Å². The number of nitrogens with two attached hydrogens (primary N) is 1. The Morgan fingerprint density at radius 1 is 1.47 bits per heavy atom. The fraction of sp³-hybridized carbons (Fsp3) is 0.500. The molecule has 0 radical (unpaired) electrons. The van der Waals surface area contributed by atoms with Gasteiger partial charge in [-0.25, -0.2) is 4.79 Å². The predicted molar refractivity (Wildman–Crippen MR) is 73.8 cm³/mol. The first-order valence-electron chi connectivity index (χ1n) is 6.24. The molecule has 0 bridgehead atoms. The average Bonchev–Trinajstić information content (AvgIpc) is 2.26. The highest BCUT2D eigenvalue weighted by atomic mass is 16.6. The molecule has 0 aromatic heterocycles. The third-order valence-electron chi connectivity index (χ3n) is 2.56. The van der Waals surface area contributed by atoms with Crippen LogP contribution in [0.15, 0.2) is 18.2 Å². The summed E-state index contributed by atoms with van der Waals surface area (Å²) in [5, 5.41) is 12.3. The molecule has 0 aliphatic heterocycles. The van der Waals surface area contributed by atoms with Gasteiger partial charge in [0.2, 0.25) is 0 Å². The van der Waals surface area contributed by atoms with Crippen molar-refractivity contribution in [2.24, 2.45) is 5.73 Å². The first-order chi connectivity index (χ1) is 8.73. The molecule has 1 amide bonds. The minimum Gasteiger partial charge on any atom is -0.508 e. The number of carbonyl (C=O) groups is 1. The summed E-state index contributed by atoms with van der Waals surface area (Å²) >= 11 is 0. The van der Waals surface area contributed by atoms with Gasteiger partial charge in [-0.2, -0.15) is 0 Å². The quantitative estimate of drug-likeness (QED) is 0.784. The lowest BCUT2D eigenvalue weighted by molar-refractivity contribution is 0.0508. The van der Waals surface area contributed by atoms with E-state index in [4.69, 9.17) is 10.5 Å².